The molecule has 0 spiro atoms. The lowest BCUT2D eigenvalue weighted by Gasteiger charge is -2.10. The van der Waals surface area contributed by atoms with E-state index < -0.39 is 0 Å². The monoisotopic (exact) mass is 409 g/mol. The Balaban J connectivity index is 1.78. The van der Waals surface area contributed by atoms with Crippen LogP contribution in [0.25, 0.3) is 22.3 Å². The number of carbonyl (C=O) groups excluding carboxylic acids is 1. The van der Waals surface area contributed by atoms with Crippen LogP contribution >= 0.6 is 11.3 Å². The van der Waals surface area contributed by atoms with Gasteiger partial charge < -0.3 is 9.84 Å². The number of hydrogen-bond acceptors (Lipinski definition) is 6. The fourth-order valence-electron chi connectivity index (χ4n) is 3.37. The van der Waals surface area contributed by atoms with Gasteiger partial charge in [0.15, 0.2) is 11.4 Å². The van der Waals surface area contributed by atoms with E-state index in [1.54, 1.807) is 17.5 Å². The number of pyridine rings is 1. The predicted octanol–water partition coefficient (Wildman–Crippen LogP) is 4.58. The predicted molar refractivity (Wildman–Crippen MR) is 113 cm³/mol. The van der Waals surface area contributed by atoms with Gasteiger partial charge in [-0.05, 0) is 46.8 Å². The quantitative estimate of drug-likeness (QED) is 0.521. The first-order valence-electron chi connectivity index (χ1n) is 9.49. The molecule has 4 heterocycles. The number of fused-ring (bicyclic) bond motifs is 1. The van der Waals surface area contributed by atoms with Gasteiger partial charge in [-0.15, -0.1) is 11.3 Å². The molecule has 0 atom stereocenters. The van der Waals surface area contributed by atoms with Crippen LogP contribution in [0.15, 0.2) is 28.9 Å². The minimum atomic E-state index is -0.194. The summed E-state index contributed by atoms with van der Waals surface area (Å²) < 4.78 is 7.04. The van der Waals surface area contributed by atoms with Crippen LogP contribution < -0.4 is 5.32 Å². The van der Waals surface area contributed by atoms with Crippen LogP contribution in [0.4, 0.5) is 0 Å². The zero-order valence-electron chi connectivity index (χ0n) is 17.1. The third-order valence-corrected chi connectivity index (χ3v) is 5.68. The molecule has 0 saturated carbocycles. The molecule has 0 aliphatic carbocycles. The zero-order chi connectivity index (χ0) is 20.7. The van der Waals surface area contributed by atoms with Crippen LogP contribution in [0.2, 0.25) is 0 Å². The van der Waals surface area contributed by atoms with Crippen molar-refractivity contribution in [3.8, 4) is 11.3 Å². The van der Waals surface area contributed by atoms with Crippen molar-refractivity contribution >= 4 is 28.3 Å². The lowest BCUT2D eigenvalue weighted by Crippen LogP contribution is -2.23. The molecule has 0 aliphatic heterocycles. The number of carbonyl (C=O) groups is 1. The average Bonchev–Trinajstić information content (AvgIpc) is 3.36. The smallest absolute Gasteiger partial charge is 0.252 e. The first-order valence-corrected chi connectivity index (χ1v) is 10.3. The van der Waals surface area contributed by atoms with E-state index in [1.165, 1.54) is 9.75 Å². The SMILES string of the molecule is Cc1cc(CNC(=O)c2cc(-c3cc(C)sc3C)nc3c2cnn3C(C)C)on1. The number of rotatable bonds is 5. The maximum absolute atomic E-state index is 13.1. The van der Waals surface area contributed by atoms with Gasteiger partial charge in [0.2, 0.25) is 0 Å². The van der Waals surface area contributed by atoms with Gasteiger partial charge >= 0.3 is 0 Å². The van der Waals surface area contributed by atoms with Gasteiger partial charge in [0.05, 0.1) is 35.1 Å². The van der Waals surface area contributed by atoms with Crippen LogP contribution in [0.3, 0.4) is 0 Å². The van der Waals surface area contributed by atoms with Gasteiger partial charge in [-0.3, -0.25) is 4.79 Å². The molecule has 150 valence electrons. The molecule has 1 N–H and O–H groups in total. The Morgan fingerprint density at radius 1 is 1.24 bits per heavy atom. The van der Waals surface area contributed by atoms with Gasteiger partial charge in [-0.1, -0.05) is 5.16 Å². The summed E-state index contributed by atoms with van der Waals surface area (Å²) in [5, 5.41) is 12.0. The summed E-state index contributed by atoms with van der Waals surface area (Å²) in [7, 11) is 0. The zero-order valence-corrected chi connectivity index (χ0v) is 17.9. The highest BCUT2D eigenvalue weighted by Gasteiger charge is 2.20. The Kier molecular flexibility index (Phi) is 4.96. The lowest BCUT2D eigenvalue weighted by atomic mass is 10.1. The molecule has 0 fully saturated rings. The third kappa shape index (κ3) is 3.67. The molecule has 0 radical (unpaired) electrons. The highest BCUT2D eigenvalue weighted by atomic mass is 32.1. The van der Waals surface area contributed by atoms with Crippen LogP contribution in [-0.2, 0) is 6.54 Å². The molecule has 0 unspecified atom stereocenters. The summed E-state index contributed by atoms with van der Waals surface area (Å²) in [6.45, 7) is 10.4. The highest BCUT2D eigenvalue weighted by molar-refractivity contribution is 7.12. The van der Waals surface area contributed by atoms with Crippen LogP contribution in [0.1, 0.15) is 51.5 Å². The Hall–Kier alpha value is -3.00. The molecule has 0 aromatic carbocycles. The first-order chi connectivity index (χ1) is 13.8. The minimum absolute atomic E-state index is 0.133. The Bertz CT molecular complexity index is 1200. The van der Waals surface area contributed by atoms with E-state index in [9.17, 15) is 4.79 Å². The summed E-state index contributed by atoms with van der Waals surface area (Å²) in [6, 6.07) is 5.91. The van der Waals surface area contributed by atoms with Crippen molar-refractivity contribution in [2.45, 2.75) is 47.2 Å². The Morgan fingerprint density at radius 3 is 2.66 bits per heavy atom. The second-order valence-electron chi connectivity index (χ2n) is 7.42. The van der Waals surface area contributed by atoms with E-state index in [0.29, 0.717) is 17.0 Å². The lowest BCUT2D eigenvalue weighted by molar-refractivity contribution is 0.0948. The average molecular weight is 410 g/mol. The number of nitrogens with one attached hydrogen (secondary N) is 1. The minimum Gasteiger partial charge on any atom is -0.359 e. The van der Waals surface area contributed by atoms with E-state index in [-0.39, 0.29) is 18.5 Å². The Labute approximate surface area is 172 Å². The molecular formula is C21H23N5O2S. The second kappa shape index (κ2) is 7.44. The summed E-state index contributed by atoms with van der Waals surface area (Å²) >= 11 is 1.72. The normalized spacial score (nSPS) is 11.5. The van der Waals surface area contributed by atoms with Gasteiger partial charge in [0, 0.05) is 27.4 Å². The number of aryl methyl sites for hydroxylation is 3. The van der Waals surface area contributed by atoms with E-state index in [2.05, 4.69) is 35.5 Å². The van der Waals surface area contributed by atoms with E-state index in [0.717, 1.165) is 22.3 Å². The fraction of sp³-hybridized carbons (Fsp3) is 0.333. The van der Waals surface area contributed by atoms with Gasteiger partial charge in [0.1, 0.15) is 0 Å². The number of aromatic nitrogens is 4. The van der Waals surface area contributed by atoms with Gasteiger partial charge in [-0.25, -0.2) is 9.67 Å². The van der Waals surface area contributed by atoms with Crippen molar-refractivity contribution in [3.05, 3.63) is 51.2 Å². The standard InChI is InChI=1S/C21H23N5O2S/c1-11(2)26-20-18(10-23-26)17(21(27)22-9-15-6-12(3)25-28-15)8-19(24-20)16-7-13(4)29-14(16)5/h6-8,10-11H,9H2,1-5H3,(H,22,27). The number of nitrogens with zero attached hydrogens (tertiary/aromatic N) is 4. The van der Waals surface area contributed by atoms with Crippen molar-refractivity contribution < 1.29 is 9.32 Å². The highest BCUT2D eigenvalue weighted by Crippen LogP contribution is 2.32. The maximum atomic E-state index is 13.1. The van der Waals surface area contributed by atoms with Crippen molar-refractivity contribution in [2.24, 2.45) is 0 Å². The van der Waals surface area contributed by atoms with E-state index >= 15 is 0 Å². The van der Waals surface area contributed by atoms with Crippen LogP contribution in [0, 0.1) is 20.8 Å². The number of thiophene rings is 1. The Morgan fingerprint density at radius 2 is 2.03 bits per heavy atom. The van der Waals surface area contributed by atoms with Crippen molar-refractivity contribution in [3.63, 3.8) is 0 Å². The number of hydrogen-bond donors (Lipinski definition) is 1. The largest absolute Gasteiger partial charge is 0.359 e. The van der Waals surface area contributed by atoms with E-state index in [4.69, 9.17) is 9.51 Å². The molecule has 8 heteroatoms. The molecule has 0 aliphatic rings. The first kappa shape index (κ1) is 19.3. The van der Waals surface area contributed by atoms with Crippen molar-refractivity contribution in [1.82, 2.24) is 25.2 Å². The summed E-state index contributed by atoms with van der Waals surface area (Å²) in [5.41, 5.74) is 3.87. The molecule has 0 bridgehead atoms. The second-order valence-corrected chi connectivity index (χ2v) is 8.88. The van der Waals surface area contributed by atoms with Gasteiger partial charge in [0.25, 0.3) is 5.91 Å². The topological polar surface area (TPSA) is 85.8 Å². The molecule has 1 amide bonds. The summed E-state index contributed by atoms with van der Waals surface area (Å²) in [6.07, 6.45) is 1.71. The van der Waals surface area contributed by atoms with Crippen molar-refractivity contribution in [1.29, 1.82) is 0 Å². The molecular weight excluding hydrogens is 386 g/mol. The molecule has 7 nitrogen and oxygen atoms in total. The molecule has 4 rings (SSSR count). The molecule has 4 aromatic rings. The number of amides is 1. The summed E-state index contributed by atoms with van der Waals surface area (Å²) in [5.74, 6) is 0.421. The third-order valence-electron chi connectivity index (χ3n) is 4.72. The fourth-order valence-corrected chi connectivity index (χ4v) is 4.30. The van der Waals surface area contributed by atoms with Crippen LogP contribution in [-0.4, -0.2) is 25.8 Å². The maximum Gasteiger partial charge on any atom is 0.252 e. The van der Waals surface area contributed by atoms with Gasteiger partial charge in [-0.2, -0.15) is 5.10 Å². The summed E-state index contributed by atoms with van der Waals surface area (Å²) in [4.78, 5) is 20.3. The molecule has 0 saturated heterocycles. The molecule has 4 aromatic heterocycles. The van der Waals surface area contributed by atoms with E-state index in [1.807, 2.05) is 37.6 Å². The van der Waals surface area contributed by atoms with Crippen molar-refractivity contribution in [2.75, 3.05) is 0 Å². The molecule has 29 heavy (non-hydrogen) atoms. The van der Waals surface area contributed by atoms with Crippen LogP contribution in [0.5, 0.6) is 0 Å².